The zero-order valence-corrected chi connectivity index (χ0v) is 10.0. The maximum absolute atomic E-state index is 11.5. The molecule has 0 amide bonds. The van der Waals surface area contributed by atoms with Crippen LogP contribution in [0.3, 0.4) is 0 Å². The molecular formula is C11H13N5O2. The van der Waals surface area contributed by atoms with Crippen molar-refractivity contribution in [2.75, 3.05) is 18.0 Å². The fourth-order valence-corrected chi connectivity index (χ4v) is 2.23. The second kappa shape index (κ2) is 3.94. The van der Waals surface area contributed by atoms with Crippen LogP contribution in [0.1, 0.15) is 18.7 Å². The van der Waals surface area contributed by atoms with Crippen LogP contribution in [0.25, 0.3) is 5.65 Å². The number of rotatable bonds is 1. The topological polar surface area (TPSA) is 83.4 Å². The molecule has 7 nitrogen and oxygen atoms in total. The van der Waals surface area contributed by atoms with Gasteiger partial charge in [0.05, 0.1) is 0 Å². The highest BCUT2D eigenvalue weighted by molar-refractivity contribution is 5.80. The van der Waals surface area contributed by atoms with E-state index in [9.17, 15) is 9.59 Å². The van der Waals surface area contributed by atoms with Gasteiger partial charge in [-0.3, -0.25) is 4.79 Å². The van der Waals surface area contributed by atoms with E-state index in [0.717, 1.165) is 5.82 Å². The Morgan fingerprint density at radius 2 is 2.00 bits per heavy atom. The number of fused-ring (bicyclic) bond motifs is 1. The molecule has 1 saturated heterocycles. The number of hydrogen-bond donors (Lipinski definition) is 1. The summed E-state index contributed by atoms with van der Waals surface area (Å²) in [6.07, 6.45) is 1.11. The van der Waals surface area contributed by atoms with E-state index in [1.165, 1.54) is 4.40 Å². The minimum Gasteiger partial charge on any atom is -0.356 e. The molecule has 3 heterocycles. The normalized spacial score (nSPS) is 16.5. The predicted octanol–water partition coefficient (Wildman–Crippen LogP) is -0.105. The smallest absolute Gasteiger partial charge is 0.349 e. The van der Waals surface area contributed by atoms with Crippen LogP contribution < -0.4 is 10.6 Å². The van der Waals surface area contributed by atoms with Gasteiger partial charge in [-0.25, -0.2) is 19.3 Å². The van der Waals surface area contributed by atoms with E-state index in [2.05, 4.69) is 15.2 Å². The molecule has 0 unspecified atom stereocenters. The van der Waals surface area contributed by atoms with Gasteiger partial charge in [0.25, 0.3) is 0 Å². The van der Waals surface area contributed by atoms with Crippen LogP contribution in [-0.2, 0) is 4.79 Å². The molecule has 3 rings (SSSR count). The molecule has 1 fully saturated rings. The molecule has 0 spiro atoms. The van der Waals surface area contributed by atoms with E-state index in [1.807, 2.05) is 4.90 Å². The van der Waals surface area contributed by atoms with Crippen molar-refractivity contribution in [3.63, 3.8) is 0 Å². The number of ketones is 1. The number of carbonyl (C=O) groups is 1. The van der Waals surface area contributed by atoms with Crippen LogP contribution >= 0.6 is 0 Å². The van der Waals surface area contributed by atoms with Crippen molar-refractivity contribution < 1.29 is 4.79 Å². The Morgan fingerprint density at radius 1 is 1.28 bits per heavy atom. The summed E-state index contributed by atoms with van der Waals surface area (Å²) >= 11 is 0. The van der Waals surface area contributed by atoms with Crippen LogP contribution in [0.4, 0.5) is 5.82 Å². The summed E-state index contributed by atoms with van der Waals surface area (Å²) in [4.78, 5) is 29.1. The van der Waals surface area contributed by atoms with Crippen molar-refractivity contribution in [1.29, 1.82) is 0 Å². The average Bonchev–Trinajstić information content (AvgIpc) is 2.72. The Hall–Kier alpha value is -2.18. The number of nitrogens with one attached hydrogen (secondary N) is 1. The number of piperidine rings is 1. The number of nitrogens with zero attached hydrogens (tertiary/aromatic N) is 4. The van der Waals surface area contributed by atoms with E-state index in [0.29, 0.717) is 43.2 Å². The Morgan fingerprint density at radius 3 is 2.72 bits per heavy atom. The lowest BCUT2D eigenvalue weighted by Crippen LogP contribution is -2.34. The van der Waals surface area contributed by atoms with E-state index in [4.69, 9.17) is 0 Å². The molecule has 1 aliphatic heterocycles. The molecule has 1 aliphatic rings. The zero-order valence-electron chi connectivity index (χ0n) is 10.0. The Balaban J connectivity index is 2.03. The fraction of sp³-hybridized carbons (Fsp3) is 0.455. The second-order valence-corrected chi connectivity index (χ2v) is 4.41. The van der Waals surface area contributed by atoms with Gasteiger partial charge in [-0.2, -0.15) is 5.10 Å². The van der Waals surface area contributed by atoms with Crippen LogP contribution in [0.2, 0.25) is 0 Å². The van der Waals surface area contributed by atoms with E-state index >= 15 is 0 Å². The van der Waals surface area contributed by atoms with Crippen LogP contribution in [0.15, 0.2) is 10.9 Å². The summed E-state index contributed by atoms with van der Waals surface area (Å²) in [7, 11) is 0. The largest absolute Gasteiger partial charge is 0.356 e. The molecular weight excluding hydrogens is 234 g/mol. The summed E-state index contributed by atoms with van der Waals surface area (Å²) in [5, 5.41) is 6.34. The molecule has 1 N–H and O–H groups in total. The van der Waals surface area contributed by atoms with Crippen molar-refractivity contribution in [1.82, 2.24) is 19.6 Å². The first-order valence-corrected chi connectivity index (χ1v) is 5.86. The number of H-pyrrole nitrogens is 1. The third-order valence-electron chi connectivity index (χ3n) is 3.20. The number of aromatic amines is 1. The Kier molecular flexibility index (Phi) is 2.39. The number of carbonyl (C=O) groups excluding carboxylic acids is 1. The van der Waals surface area contributed by atoms with Gasteiger partial charge in [0.2, 0.25) is 0 Å². The van der Waals surface area contributed by atoms with Gasteiger partial charge in [0, 0.05) is 32.0 Å². The van der Waals surface area contributed by atoms with Crippen LogP contribution in [0, 0.1) is 6.92 Å². The number of Topliss-reactive ketones (excluding diaryl/α,β-unsaturated/α-hetero) is 1. The number of aromatic nitrogens is 4. The highest BCUT2D eigenvalue weighted by Gasteiger charge is 2.18. The Bertz CT molecular complexity index is 662. The number of hydrogen-bond acceptors (Lipinski definition) is 5. The third kappa shape index (κ3) is 1.68. The van der Waals surface area contributed by atoms with Gasteiger partial charge in [0.1, 0.15) is 17.4 Å². The van der Waals surface area contributed by atoms with Crippen molar-refractivity contribution >= 4 is 17.2 Å². The first-order valence-electron chi connectivity index (χ1n) is 5.86. The molecule has 2 aromatic rings. The first-order chi connectivity index (χ1) is 8.65. The Labute approximate surface area is 102 Å². The zero-order chi connectivity index (χ0) is 12.7. The lowest BCUT2D eigenvalue weighted by molar-refractivity contribution is -0.119. The number of anilines is 1. The van der Waals surface area contributed by atoms with Crippen molar-refractivity contribution in [2.24, 2.45) is 0 Å². The summed E-state index contributed by atoms with van der Waals surface area (Å²) < 4.78 is 1.43. The predicted molar refractivity (Wildman–Crippen MR) is 64.8 cm³/mol. The summed E-state index contributed by atoms with van der Waals surface area (Å²) in [6.45, 7) is 3.12. The van der Waals surface area contributed by atoms with Gasteiger partial charge in [0.15, 0.2) is 5.65 Å². The van der Waals surface area contributed by atoms with Crippen molar-refractivity contribution in [3.8, 4) is 0 Å². The van der Waals surface area contributed by atoms with Gasteiger partial charge in [-0.15, -0.1) is 0 Å². The molecule has 2 aromatic heterocycles. The van der Waals surface area contributed by atoms with Crippen LogP contribution in [0.5, 0.6) is 0 Å². The lowest BCUT2D eigenvalue weighted by atomic mass is 10.1. The summed E-state index contributed by atoms with van der Waals surface area (Å²) in [5.74, 6) is 1.66. The quantitative estimate of drug-likeness (QED) is 0.760. The van der Waals surface area contributed by atoms with Gasteiger partial charge in [-0.1, -0.05) is 0 Å². The summed E-state index contributed by atoms with van der Waals surface area (Å²) in [5.41, 5.74) is 0.273. The third-order valence-corrected chi connectivity index (χ3v) is 3.20. The lowest BCUT2D eigenvalue weighted by Gasteiger charge is -2.27. The maximum Gasteiger partial charge on any atom is 0.349 e. The SMILES string of the molecule is Cc1nc(N2CCC(=O)CC2)cc2n[nH]c(=O)n12. The molecule has 0 saturated carbocycles. The highest BCUT2D eigenvalue weighted by Crippen LogP contribution is 2.17. The molecule has 0 aromatic carbocycles. The molecule has 7 heteroatoms. The molecule has 18 heavy (non-hydrogen) atoms. The maximum atomic E-state index is 11.5. The molecule has 0 bridgehead atoms. The van der Waals surface area contributed by atoms with E-state index in [1.54, 1.807) is 13.0 Å². The fourth-order valence-electron chi connectivity index (χ4n) is 2.23. The van der Waals surface area contributed by atoms with Crippen molar-refractivity contribution in [3.05, 3.63) is 22.4 Å². The number of aryl methyl sites for hydroxylation is 1. The second-order valence-electron chi connectivity index (χ2n) is 4.41. The van der Waals surface area contributed by atoms with Gasteiger partial charge in [-0.05, 0) is 6.92 Å². The van der Waals surface area contributed by atoms with Crippen molar-refractivity contribution in [2.45, 2.75) is 19.8 Å². The molecule has 0 aliphatic carbocycles. The minimum absolute atomic E-state index is 0.282. The van der Waals surface area contributed by atoms with Gasteiger partial charge < -0.3 is 4.90 Å². The van der Waals surface area contributed by atoms with E-state index < -0.39 is 0 Å². The standard InChI is InChI=1S/C11H13N5O2/c1-7-12-9(15-4-2-8(17)3-5-15)6-10-13-14-11(18)16(7)10/h6H,2-5H2,1H3,(H,14,18). The molecule has 0 radical (unpaired) electrons. The minimum atomic E-state index is -0.282. The molecule has 0 atom stereocenters. The van der Waals surface area contributed by atoms with E-state index in [-0.39, 0.29) is 5.69 Å². The molecule has 94 valence electrons. The average molecular weight is 247 g/mol. The summed E-state index contributed by atoms with van der Waals surface area (Å²) in [6, 6.07) is 1.76. The monoisotopic (exact) mass is 247 g/mol. The van der Waals surface area contributed by atoms with Gasteiger partial charge >= 0.3 is 5.69 Å². The highest BCUT2D eigenvalue weighted by atomic mass is 16.1. The van der Waals surface area contributed by atoms with Crippen LogP contribution in [-0.4, -0.2) is 38.5 Å². The first kappa shape index (κ1) is 10.9.